The van der Waals surface area contributed by atoms with Gasteiger partial charge in [0.1, 0.15) is 17.8 Å². The third-order valence-corrected chi connectivity index (χ3v) is 6.35. The Morgan fingerprint density at radius 2 is 1.83 bits per heavy atom. The summed E-state index contributed by atoms with van der Waals surface area (Å²) in [7, 11) is 0. The van der Waals surface area contributed by atoms with Gasteiger partial charge in [0.25, 0.3) is 0 Å². The van der Waals surface area contributed by atoms with E-state index in [2.05, 4.69) is 46.9 Å². The molecule has 2 fully saturated rings. The highest BCUT2D eigenvalue weighted by atomic mass is 16.5. The van der Waals surface area contributed by atoms with E-state index in [1.54, 1.807) is 6.33 Å². The van der Waals surface area contributed by atoms with E-state index >= 15 is 0 Å². The van der Waals surface area contributed by atoms with Crippen molar-refractivity contribution in [3.05, 3.63) is 48.0 Å². The largest absolute Gasteiger partial charge is 0.356 e. The number of nitrogens with zero attached hydrogens (tertiary/aromatic N) is 5. The van der Waals surface area contributed by atoms with Crippen LogP contribution in [0.4, 0.5) is 5.82 Å². The van der Waals surface area contributed by atoms with Gasteiger partial charge in [0.15, 0.2) is 5.58 Å². The van der Waals surface area contributed by atoms with Crippen molar-refractivity contribution in [1.82, 2.24) is 20.0 Å². The van der Waals surface area contributed by atoms with Gasteiger partial charge in [-0.2, -0.15) is 0 Å². The third kappa shape index (κ3) is 3.42. The molecule has 0 radical (unpaired) electrons. The average molecular weight is 406 g/mol. The number of fused-ring (bicyclic) bond motifs is 2. The molecule has 0 bridgehead atoms. The number of carbonyl (C=O) groups excluding carboxylic acids is 1. The lowest BCUT2D eigenvalue weighted by Gasteiger charge is -2.24. The van der Waals surface area contributed by atoms with Crippen molar-refractivity contribution in [2.75, 3.05) is 31.1 Å². The first kappa shape index (κ1) is 19.0. The van der Waals surface area contributed by atoms with E-state index < -0.39 is 0 Å². The van der Waals surface area contributed by atoms with Crippen LogP contribution in [0.3, 0.4) is 0 Å². The van der Waals surface area contributed by atoms with Gasteiger partial charge < -0.3 is 14.3 Å². The maximum atomic E-state index is 12.9. The van der Waals surface area contributed by atoms with Gasteiger partial charge in [0, 0.05) is 54.9 Å². The van der Waals surface area contributed by atoms with Crippen LogP contribution in [0.2, 0.25) is 0 Å². The Morgan fingerprint density at radius 3 is 2.57 bits per heavy atom. The number of hydrogen-bond donors (Lipinski definition) is 0. The smallest absolute Gasteiger partial charge is 0.228 e. The van der Waals surface area contributed by atoms with Gasteiger partial charge in [-0.25, -0.2) is 9.97 Å². The summed E-state index contributed by atoms with van der Waals surface area (Å²) in [5.74, 6) is 2.09. The van der Waals surface area contributed by atoms with Crippen molar-refractivity contribution in [3.8, 4) is 0 Å². The van der Waals surface area contributed by atoms with E-state index in [9.17, 15) is 4.79 Å². The molecule has 2 unspecified atom stereocenters. The van der Waals surface area contributed by atoms with Crippen molar-refractivity contribution in [2.24, 2.45) is 11.8 Å². The normalized spacial score (nSPS) is 21.4. The molecule has 7 nitrogen and oxygen atoms in total. The second-order valence-corrected chi connectivity index (χ2v) is 9.54. The standard InChI is InChI=1S/C23H27N5O2/c1-23(2,3)20-9-21(25-14-24-20)27-10-15-12-28(13-16(15)11-27)22(29)8-18-17-6-4-5-7-19(17)30-26-18/h4-7,9,14-16H,8,10-13H2,1-3H3. The van der Waals surface area contributed by atoms with Crippen molar-refractivity contribution in [3.63, 3.8) is 0 Å². The molecule has 2 aromatic heterocycles. The summed E-state index contributed by atoms with van der Waals surface area (Å²) in [6, 6.07) is 9.80. The molecule has 0 N–H and O–H groups in total. The van der Waals surface area contributed by atoms with E-state index in [-0.39, 0.29) is 11.3 Å². The molecule has 156 valence electrons. The first-order valence-corrected chi connectivity index (χ1v) is 10.6. The minimum absolute atomic E-state index is 0.00178. The van der Waals surface area contributed by atoms with E-state index in [0.29, 0.717) is 18.3 Å². The Balaban J connectivity index is 1.23. The molecular formula is C23H27N5O2. The summed E-state index contributed by atoms with van der Waals surface area (Å²) in [5.41, 5.74) is 2.52. The van der Waals surface area contributed by atoms with Crippen molar-refractivity contribution < 1.29 is 9.32 Å². The molecule has 1 amide bonds. The Labute approximate surface area is 176 Å². The molecule has 0 saturated carbocycles. The number of likely N-dealkylation sites (tertiary alicyclic amines) is 1. The summed E-state index contributed by atoms with van der Waals surface area (Å²) < 4.78 is 5.34. The molecule has 7 heteroatoms. The molecule has 2 aliphatic rings. The van der Waals surface area contributed by atoms with Crippen LogP contribution in [0.25, 0.3) is 11.0 Å². The lowest BCUT2D eigenvalue weighted by atomic mass is 9.92. The van der Waals surface area contributed by atoms with Crippen molar-refractivity contribution >= 4 is 22.7 Å². The van der Waals surface area contributed by atoms with Crippen LogP contribution in [0.5, 0.6) is 0 Å². The van der Waals surface area contributed by atoms with Crippen LogP contribution < -0.4 is 4.90 Å². The van der Waals surface area contributed by atoms with Gasteiger partial charge in [-0.05, 0) is 12.1 Å². The minimum Gasteiger partial charge on any atom is -0.356 e. The monoisotopic (exact) mass is 405 g/mol. The van der Waals surface area contributed by atoms with Gasteiger partial charge in [-0.1, -0.05) is 38.1 Å². The fourth-order valence-corrected chi connectivity index (χ4v) is 4.63. The third-order valence-electron chi connectivity index (χ3n) is 6.35. The van der Waals surface area contributed by atoms with Crippen LogP contribution >= 0.6 is 0 Å². The Hall–Kier alpha value is -2.96. The number of aromatic nitrogens is 3. The molecule has 1 aromatic carbocycles. The molecule has 3 aromatic rings. The Morgan fingerprint density at radius 1 is 1.10 bits per heavy atom. The molecule has 2 atom stereocenters. The highest BCUT2D eigenvalue weighted by molar-refractivity contribution is 5.86. The topological polar surface area (TPSA) is 75.4 Å². The summed E-state index contributed by atoms with van der Waals surface area (Å²) in [6.45, 7) is 9.96. The maximum absolute atomic E-state index is 12.9. The molecule has 0 aliphatic carbocycles. The van der Waals surface area contributed by atoms with Gasteiger partial charge in [-0.3, -0.25) is 4.79 Å². The number of para-hydroxylation sites is 1. The SMILES string of the molecule is CC(C)(C)c1cc(N2CC3CN(C(=O)Cc4noc5ccccc45)CC3C2)ncn1. The highest BCUT2D eigenvalue weighted by Gasteiger charge is 2.42. The molecule has 30 heavy (non-hydrogen) atoms. The Bertz CT molecular complexity index is 1070. The zero-order valence-corrected chi connectivity index (χ0v) is 17.7. The second-order valence-electron chi connectivity index (χ2n) is 9.54. The number of benzene rings is 1. The van der Waals surface area contributed by atoms with E-state index in [4.69, 9.17) is 4.52 Å². The molecular weight excluding hydrogens is 378 g/mol. The average Bonchev–Trinajstić information content (AvgIpc) is 3.41. The van der Waals surface area contributed by atoms with Gasteiger partial charge in [0.05, 0.1) is 12.1 Å². The van der Waals surface area contributed by atoms with E-state index in [0.717, 1.165) is 54.4 Å². The van der Waals surface area contributed by atoms with Crippen LogP contribution in [0.15, 0.2) is 41.2 Å². The first-order chi connectivity index (χ1) is 14.4. The predicted molar refractivity (Wildman–Crippen MR) is 114 cm³/mol. The minimum atomic E-state index is 0.00178. The fourth-order valence-electron chi connectivity index (χ4n) is 4.63. The lowest BCUT2D eigenvalue weighted by molar-refractivity contribution is -0.129. The Kier molecular flexibility index (Phi) is 4.49. The number of carbonyl (C=O) groups is 1. The molecule has 2 saturated heterocycles. The quantitative estimate of drug-likeness (QED) is 0.667. The predicted octanol–water partition coefficient (Wildman–Crippen LogP) is 3.05. The number of hydrogen-bond acceptors (Lipinski definition) is 6. The van der Waals surface area contributed by atoms with Crippen LogP contribution in [-0.2, 0) is 16.6 Å². The highest BCUT2D eigenvalue weighted by Crippen LogP contribution is 2.34. The summed E-state index contributed by atoms with van der Waals surface area (Å²) >= 11 is 0. The molecule has 0 spiro atoms. The van der Waals surface area contributed by atoms with Crippen LogP contribution in [0, 0.1) is 11.8 Å². The second kappa shape index (κ2) is 7.07. The summed E-state index contributed by atoms with van der Waals surface area (Å²) in [4.78, 5) is 26.2. The molecule has 2 aliphatic heterocycles. The number of anilines is 1. The molecule has 4 heterocycles. The number of rotatable bonds is 3. The van der Waals surface area contributed by atoms with Crippen molar-refractivity contribution in [1.29, 1.82) is 0 Å². The van der Waals surface area contributed by atoms with Gasteiger partial charge in [0.2, 0.25) is 5.91 Å². The van der Waals surface area contributed by atoms with Crippen LogP contribution in [0.1, 0.15) is 32.2 Å². The van der Waals surface area contributed by atoms with Gasteiger partial charge >= 0.3 is 0 Å². The van der Waals surface area contributed by atoms with Gasteiger partial charge in [-0.15, -0.1) is 0 Å². The zero-order chi connectivity index (χ0) is 20.9. The summed E-state index contributed by atoms with van der Waals surface area (Å²) in [6.07, 6.45) is 1.96. The van der Waals surface area contributed by atoms with Crippen molar-refractivity contribution in [2.45, 2.75) is 32.6 Å². The lowest BCUT2D eigenvalue weighted by Crippen LogP contribution is -2.34. The first-order valence-electron chi connectivity index (χ1n) is 10.6. The van der Waals surface area contributed by atoms with E-state index in [1.165, 1.54) is 0 Å². The van der Waals surface area contributed by atoms with E-state index in [1.807, 2.05) is 29.2 Å². The summed E-state index contributed by atoms with van der Waals surface area (Å²) in [5, 5.41) is 5.04. The maximum Gasteiger partial charge on any atom is 0.228 e. The fraction of sp³-hybridized carbons (Fsp3) is 0.478. The van der Waals surface area contributed by atoms with Crippen LogP contribution in [-0.4, -0.2) is 52.1 Å². The zero-order valence-electron chi connectivity index (χ0n) is 17.7. The number of amides is 1. The molecule has 5 rings (SSSR count).